The second-order valence-corrected chi connectivity index (χ2v) is 5.43. The average molecular weight is 209 g/mol. The number of nitrogens with zero attached hydrogens (tertiary/aromatic N) is 2. The molecule has 0 aliphatic heterocycles. The van der Waals surface area contributed by atoms with Crippen LogP contribution in [0, 0.1) is 11.3 Å². The molecule has 84 valence electrons. The second-order valence-electron chi connectivity index (χ2n) is 5.43. The largest absolute Gasteiger partial charge is 0.343 e. The van der Waals surface area contributed by atoms with E-state index in [1.807, 2.05) is 0 Å². The van der Waals surface area contributed by atoms with Crippen molar-refractivity contribution < 1.29 is 4.52 Å². The van der Waals surface area contributed by atoms with Gasteiger partial charge in [0.05, 0.1) is 0 Å². The maximum Gasteiger partial charge on any atom is 0.213 e. The summed E-state index contributed by atoms with van der Waals surface area (Å²) in [6.07, 6.45) is 4.48. The summed E-state index contributed by atoms with van der Waals surface area (Å²) in [5.41, 5.74) is 6.36. The Morgan fingerprint density at radius 1 is 1.53 bits per heavy atom. The molecule has 1 aliphatic carbocycles. The highest BCUT2D eigenvalue weighted by atomic mass is 16.5. The van der Waals surface area contributed by atoms with Crippen LogP contribution >= 0.6 is 0 Å². The van der Waals surface area contributed by atoms with Crippen molar-refractivity contribution in [2.75, 3.05) is 0 Å². The Morgan fingerprint density at radius 3 is 2.73 bits per heavy atom. The lowest BCUT2D eigenvalue weighted by Gasteiger charge is -2.38. The summed E-state index contributed by atoms with van der Waals surface area (Å²) in [6, 6.07) is 0. The van der Waals surface area contributed by atoms with Crippen molar-refractivity contribution in [1.82, 2.24) is 10.1 Å². The van der Waals surface area contributed by atoms with Crippen molar-refractivity contribution in [2.45, 2.75) is 45.6 Å². The Bertz CT molecular complexity index is 330. The van der Waals surface area contributed by atoms with Crippen LogP contribution in [-0.2, 0) is 6.42 Å². The first-order chi connectivity index (χ1) is 6.93. The van der Waals surface area contributed by atoms with E-state index in [1.165, 1.54) is 6.39 Å². The molecule has 0 saturated heterocycles. The lowest BCUT2D eigenvalue weighted by Crippen LogP contribution is -2.48. The summed E-state index contributed by atoms with van der Waals surface area (Å²) in [7, 11) is 0. The predicted molar refractivity (Wildman–Crippen MR) is 57.1 cm³/mol. The molecule has 0 unspecified atom stereocenters. The Labute approximate surface area is 90.2 Å². The summed E-state index contributed by atoms with van der Waals surface area (Å²) < 4.78 is 4.75. The molecule has 1 aromatic rings. The summed E-state index contributed by atoms with van der Waals surface area (Å²) in [4.78, 5) is 4.07. The van der Waals surface area contributed by atoms with Gasteiger partial charge >= 0.3 is 0 Å². The minimum atomic E-state index is -0.0819. The van der Waals surface area contributed by atoms with E-state index >= 15 is 0 Å². The van der Waals surface area contributed by atoms with Gasteiger partial charge in [0.25, 0.3) is 0 Å². The predicted octanol–water partition coefficient (Wildman–Crippen LogP) is 1.77. The monoisotopic (exact) mass is 209 g/mol. The highest BCUT2D eigenvalue weighted by Gasteiger charge is 2.49. The molecule has 0 spiro atoms. The van der Waals surface area contributed by atoms with E-state index in [0.717, 1.165) is 25.1 Å². The van der Waals surface area contributed by atoms with Gasteiger partial charge in [-0.3, -0.25) is 0 Å². The zero-order valence-corrected chi connectivity index (χ0v) is 9.66. The van der Waals surface area contributed by atoms with E-state index in [1.54, 1.807) is 0 Å². The molecular formula is C11H19N3O. The molecule has 2 atom stereocenters. The molecule has 1 heterocycles. The van der Waals surface area contributed by atoms with Gasteiger partial charge < -0.3 is 10.3 Å². The summed E-state index contributed by atoms with van der Waals surface area (Å²) in [5, 5.41) is 3.87. The molecule has 0 amide bonds. The van der Waals surface area contributed by atoms with Crippen molar-refractivity contribution in [3.05, 3.63) is 12.2 Å². The van der Waals surface area contributed by atoms with Crippen LogP contribution in [0.5, 0.6) is 0 Å². The number of hydrogen-bond acceptors (Lipinski definition) is 4. The zero-order chi connectivity index (χ0) is 11.1. The Hall–Kier alpha value is -0.900. The number of hydrogen-bond donors (Lipinski definition) is 1. The van der Waals surface area contributed by atoms with Crippen molar-refractivity contribution in [2.24, 2.45) is 17.1 Å². The molecule has 0 aromatic carbocycles. The van der Waals surface area contributed by atoms with Crippen LogP contribution < -0.4 is 5.73 Å². The van der Waals surface area contributed by atoms with Crippen molar-refractivity contribution in [3.8, 4) is 0 Å². The smallest absolute Gasteiger partial charge is 0.213 e. The maximum atomic E-state index is 6.31. The van der Waals surface area contributed by atoms with Crippen LogP contribution in [-0.4, -0.2) is 15.7 Å². The molecule has 4 heteroatoms. The first kappa shape index (κ1) is 10.6. The van der Waals surface area contributed by atoms with Gasteiger partial charge in [-0.2, -0.15) is 4.98 Å². The third kappa shape index (κ3) is 1.67. The lowest BCUT2D eigenvalue weighted by molar-refractivity contribution is 0.162. The SMILES string of the molecule is CC1(C)[C@H](Cc2ncon2)CC[C@]1(C)N. The van der Waals surface area contributed by atoms with Gasteiger partial charge in [0.2, 0.25) is 6.39 Å². The van der Waals surface area contributed by atoms with Crippen LogP contribution in [0.25, 0.3) is 0 Å². The van der Waals surface area contributed by atoms with Crippen molar-refractivity contribution in [1.29, 1.82) is 0 Å². The molecule has 4 nitrogen and oxygen atoms in total. The van der Waals surface area contributed by atoms with Gasteiger partial charge in [0.1, 0.15) is 0 Å². The Kier molecular flexibility index (Phi) is 2.34. The second kappa shape index (κ2) is 3.30. The normalized spacial score (nSPS) is 34.5. The standard InChI is InChI=1S/C11H19N3O/c1-10(2)8(4-5-11(10,3)12)6-9-13-7-15-14-9/h7-8H,4-6,12H2,1-3H3/t8-,11-/m0/s1. The Balaban J connectivity index is 2.12. The first-order valence-electron chi connectivity index (χ1n) is 5.47. The molecule has 1 aliphatic rings. The molecule has 0 radical (unpaired) electrons. The molecular weight excluding hydrogens is 190 g/mol. The van der Waals surface area contributed by atoms with Gasteiger partial charge in [-0.15, -0.1) is 0 Å². The molecule has 1 aromatic heterocycles. The zero-order valence-electron chi connectivity index (χ0n) is 9.66. The molecule has 1 saturated carbocycles. The molecule has 2 N–H and O–H groups in total. The fourth-order valence-corrected chi connectivity index (χ4v) is 2.48. The van der Waals surface area contributed by atoms with Gasteiger partial charge in [-0.25, -0.2) is 0 Å². The molecule has 1 fully saturated rings. The van der Waals surface area contributed by atoms with Crippen molar-refractivity contribution in [3.63, 3.8) is 0 Å². The number of rotatable bonds is 2. The summed E-state index contributed by atoms with van der Waals surface area (Å²) in [5.74, 6) is 1.34. The highest BCUT2D eigenvalue weighted by molar-refractivity contribution is 5.06. The quantitative estimate of drug-likeness (QED) is 0.806. The molecule has 0 bridgehead atoms. The average Bonchev–Trinajstić information content (AvgIpc) is 2.69. The van der Waals surface area contributed by atoms with Gasteiger partial charge in [-0.1, -0.05) is 19.0 Å². The van der Waals surface area contributed by atoms with Crippen LogP contribution in [0.15, 0.2) is 10.9 Å². The number of nitrogens with two attached hydrogens (primary N) is 1. The highest BCUT2D eigenvalue weighted by Crippen LogP contribution is 2.49. The van der Waals surface area contributed by atoms with E-state index in [0.29, 0.717) is 5.92 Å². The topological polar surface area (TPSA) is 64.9 Å². The summed E-state index contributed by atoms with van der Waals surface area (Å²) in [6.45, 7) is 6.62. The molecule has 2 rings (SSSR count). The number of aromatic nitrogens is 2. The minimum Gasteiger partial charge on any atom is -0.343 e. The third-order valence-electron chi connectivity index (χ3n) is 4.34. The molecule has 15 heavy (non-hydrogen) atoms. The Morgan fingerprint density at radius 2 is 2.27 bits per heavy atom. The summed E-state index contributed by atoms with van der Waals surface area (Å²) >= 11 is 0. The minimum absolute atomic E-state index is 0.0819. The van der Waals surface area contributed by atoms with Crippen LogP contribution in [0.3, 0.4) is 0 Å². The van der Waals surface area contributed by atoms with Crippen LogP contribution in [0.2, 0.25) is 0 Å². The van der Waals surface area contributed by atoms with Gasteiger partial charge in [0, 0.05) is 12.0 Å². The van der Waals surface area contributed by atoms with E-state index < -0.39 is 0 Å². The third-order valence-corrected chi connectivity index (χ3v) is 4.34. The first-order valence-corrected chi connectivity index (χ1v) is 5.47. The van der Waals surface area contributed by atoms with Gasteiger partial charge in [-0.05, 0) is 31.1 Å². The van der Waals surface area contributed by atoms with E-state index in [2.05, 4.69) is 30.9 Å². The van der Waals surface area contributed by atoms with Gasteiger partial charge in [0.15, 0.2) is 5.82 Å². The van der Waals surface area contributed by atoms with Crippen molar-refractivity contribution >= 4 is 0 Å². The fourth-order valence-electron chi connectivity index (χ4n) is 2.48. The fraction of sp³-hybridized carbons (Fsp3) is 0.818. The van der Waals surface area contributed by atoms with E-state index in [9.17, 15) is 0 Å². The van der Waals surface area contributed by atoms with Crippen LogP contribution in [0.4, 0.5) is 0 Å². The van der Waals surface area contributed by atoms with E-state index in [4.69, 9.17) is 10.3 Å². The van der Waals surface area contributed by atoms with Crippen LogP contribution in [0.1, 0.15) is 39.4 Å². The lowest BCUT2D eigenvalue weighted by atomic mass is 9.71. The maximum absolute atomic E-state index is 6.31. The van der Waals surface area contributed by atoms with E-state index in [-0.39, 0.29) is 11.0 Å².